The van der Waals surface area contributed by atoms with Crippen LogP contribution in [0.5, 0.6) is 0 Å². The minimum Gasteiger partial charge on any atom is -0.465 e. The molecule has 2 heterocycles. The Kier molecular flexibility index (Phi) is 3.98. The molecule has 2 aromatic heterocycles. The Morgan fingerprint density at radius 2 is 2.14 bits per heavy atom. The molecular formula is C15H16N4O2S. The SMILES string of the molecule is CCOC(=O)[C@@H](C)Sc1nnc2c3ccccc3n(C)c2n1. The molecule has 22 heavy (non-hydrogen) atoms. The number of aryl methyl sites for hydroxylation is 1. The van der Waals surface area contributed by atoms with Crippen molar-refractivity contribution in [3.63, 3.8) is 0 Å². The lowest BCUT2D eigenvalue weighted by Gasteiger charge is -2.08. The van der Waals surface area contributed by atoms with E-state index in [1.54, 1.807) is 13.8 Å². The molecule has 3 rings (SSSR count). The van der Waals surface area contributed by atoms with E-state index in [1.807, 2.05) is 35.9 Å². The summed E-state index contributed by atoms with van der Waals surface area (Å²) in [7, 11) is 1.95. The van der Waals surface area contributed by atoms with Crippen LogP contribution >= 0.6 is 11.8 Å². The predicted molar refractivity (Wildman–Crippen MR) is 85.8 cm³/mol. The molecule has 0 aliphatic carbocycles. The molecule has 6 nitrogen and oxygen atoms in total. The molecular weight excluding hydrogens is 300 g/mol. The lowest BCUT2D eigenvalue weighted by Crippen LogP contribution is -2.17. The van der Waals surface area contributed by atoms with Crippen molar-refractivity contribution < 1.29 is 9.53 Å². The molecule has 0 aliphatic heterocycles. The normalized spacial score (nSPS) is 12.7. The average Bonchev–Trinajstić information content (AvgIpc) is 2.81. The number of aromatic nitrogens is 4. The van der Waals surface area contributed by atoms with Gasteiger partial charge in [-0.1, -0.05) is 30.0 Å². The summed E-state index contributed by atoms with van der Waals surface area (Å²) in [6.07, 6.45) is 0. The molecule has 1 atom stereocenters. The third kappa shape index (κ3) is 2.52. The number of carbonyl (C=O) groups is 1. The van der Waals surface area contributed by atoms with Gasteiger partial charge in [0.15, 0.2) is 5.65 Å². The van der Waals surface area contributed by atoms with Crippen molar-refractivity contribution in [3.05, 3.63) is 24.3 Å². The summed E-state index contributed by atoms with van der Waals surface area (Å²) in [4.78, 5) is 16.2. The van der Waals surface area contributed by atoms with Gasteiger partial charge in [0.05, 0.1) is 12.1 Å². The first-order chi connectivity index (χ1) is 10.6. The van der Waals surface area contributed by atoms with Gasteiger partial charge in [0, 0.05) is 12.4 Å². The monoisotopic (exact) mass is 316 g/mol. The molecule has 0 aliphatic rings. The Labute approximate surface area is 131 Å². The smallest absolute Gasteiger partial charge is 0.319 e. The molecule has 0 N–H and O–H groups in total. The van der Waals surface area contributed by atoms with Crippen LogP contribution in [-0.2, 0) is 16.6 Å². The van der Waals surface area contributed by atoms with E-state index in [2.05, 4.69) is 15.2 Å². The lowest BCUT2D eigenvalue weighted by atomic mass is 10.2. The van der Waals surface area contributed by atoms with Crippen LogP contribution < -0.4 is 0 Å². The molecule has 0 saturated carbocycles. The Hall–Kier alpha value is -2.15. The molecule has 0 spiro atoms. The fourth-order valence-corrected chi connectivity index (χ4v) is 3.02. The molecule has 114 valence electrons. The van der Waals surface area contributed by atoms with Gasteiger partial charge in [-0.3, -0.25) is 4.79 Å². The zero-order valence-corrected chi connectivity index (χ0v) is 13.4. The maximum absolute atomic E-state index is 11.7. The van der Waals surface area contributed by atoms with Crippen LogP contribution in [0, 0.1) is 0 Å². The fraction of sp³-hybridized carbons (Fsp3) is 0.333. The third-order valence-electron chi connectivity index (χ3n) is 3.39. The average molecular weight is 316 g/mol. The second-order valence-corrected chi connectivity index (χ2v) is 6.16. The van der Waals surface area contributed by atoms with Crippen molar-refractivity contribution in [2.24, 2.45) is 7.05 Å². The van der Waals surface area contributed by atoms with Crippen molar-refractivity contribution in [3.8, 4) is 0 Å². The number of fused-ring (bicyclic) bond motifs is 3. The highest BCUT2D eigenvalue weighted by atomic mass is 32.2. The summed E-state index contributed by atoms with van der Waals surface area (Å²) in [6.45, 7) is 3.93. The van der Waals surface area contributed by atoms with E-state index in [0.29, 0.717) is 11.8 Å². The van der Waals surface area contributed by atoms with Crippen molar-refractivity contribution in [2.75, 3.05) is 6.61 Å². The number of ether oxygens (including phenoxy) is 1. The fourth-order valence-electron chi connectivity index (χ4n) is 2.31. The van der Waals surface area contributed by atoms with Crippen LogP contribution in [0.4, 0.5) is 0 Å². The first kappa shape index (κ1) is 14.8. The third-order valence-corrected chi connectivity index (χ3v) is 4.32. The minimum absolute atomic E-state index is 0.270. The first-order valence-corrected chi connectivity index (χ1v) is 7.91. The predicted octanol–water partition coefficient (Wildman–Crippen LogP) is 2.56. The summed E-state index contributed by atoms with van der Waals surface area (Å²) in [5.74, 6) is -0.270. The van der Waals surface area contributed by atoms with E-state index < -0.39 is 0 Å². The standard InChI is InChI=1S/C15H16N4O2S/c1-4-21-14(20)9(2)22-15-16-13-12(17-18-15)10-7-5-6-8-11(10)19(13)3/h5-9H,4H2,1-3H3/t9-/m1/s1. The maximum Gasteiger partial charge on any atom is 0.319 e. The minimum atomic E-state index is -0.367. The maximum atomic E-state index is 11.7. The summed E-state index contributed by atoms with van der Waals surface area (Å²) in [6, 6.07) is 7.97. The van der Waals surface area contributed by atoms with Gasteiger partial charge in [-0.25, -0.2) is 4.98 Å². The number of rotatable bonds is 4. The topological polar surface area (TPSA) is 69.9 Å². The van der Waals surface area contributed by atoms with Crippen LogP contribution in [-0.4, -0.2) is 37.6 Å². The van der Waals surface area contributed by atoms with Crippen molar-refractivity contribution in [1.82, 2.24) is 19.7 Å². The number of para-hydroxylation sites is 1. The van der Waals surface area contributed by atoms with Crippen molar-refractivity contribution in [1.29, 1.82) is 0 Å². The summed E-state index contributed by atoms with van der Waals surface area (Å²) >= 11 is 1.25. The second-order valence-electron chi connectivity index (χ2n) is 4.85. The first-order valence-electron chi connectivity index (χ1n) is 7.03. The lowest BCUT2D eigenvalue weighted by molar-refractivity contribution is -0.142. The van der Waals surface area contributed by atoms with Crippen LogP contribution in [0.1, 0.15) is 13.8 Å². The van der Waals surface area contributed by atoms with Crippen molar-refractivity contribution >= 4 is 39.8 Å². The number of nitrogens with zero attached hydrogens (tertiary/aromatic N) is 4. The Morgan fingerprint density at radius 3 is 2.91 bits per heavy atom. The van der Waals surface area contributed by atoms with Gasteiger partial charge >= 0.3 is 5.97 Å². The molecule has 7 heteroatoms. The Balaban J connectivity index is 1.98. The number of esters is 1. The van der Waals surface area contributed by atoms with Gasteiger partial charge in [0.25, 0.3) is 0 Å². The zero-order valence-electron chi connectivity index (χ0n) is 12.6. The van der Waals surface area contributed by atoms with E-state index in [4.69, 9.17) is 4.74 Å². The highest BCUT2D eigenvalue weighted by Gasteiger charge is 2.19. The molecule has 0 saturated heterocycles. The molecule has 3 aromatic rings. The molecule has 0 fully saturated rings. The Morgan fingerprint density at radius 1 is 1.36 bits per heavy atom. The molecule has 1 aromatic carbocycles. The van der Waals surface area contributed by atoms with Crippen LogP contribution in [0.25, 0.3) is 22.1 Å². The number of benzene rings is 1. The number of hydrogen-bond donors (Lipinski definition) is 0. The zero-order chi connectivity index (χ0) is 15.7. The van der Waals surface area contributed by atoms with E-state index in [-0.39, 0.29) is 11.2 Å². The van der Waals surface area contributed by atoms with E-state index >= 15 is 0 Å². The van der Waals surface area contributed by atoms with Gasteiger partial charge in [-0.2, -0.15) is 0 Å². The van der Waals surface area contributed by atoms with Gasteiger partial charge in [0.1, 0.15) is 10.8 Å². The number of carbonyl (C=O) groups excluding carboxylic acids is 1. The van der Waals surface area contributed by atoms with E-state index in [1.165, 1.54) is 11.8 Å². The molecule has 0 radical (unpaired) electrons. The summed E-state index contributed by atoms with van der Waals surface area (Å²) in [5, 5.41) is 9.54. The van der Waals surface area contributed by atoms with E-state index in [9.17, 15) is 4.79 Å². The number of thioether (sulfide) groups is 1. The van der Waals surface area contributed by atoms with Gasteiger partial charge < -0.3 is 9.30 Å². The number of hydrogen-bond acceptors (Lipinski definition) is 6. The van der Waals surface area contributed by atoms with Crippen LogP contribution in [0.2, 0.25) is 0 Å². The van der Waals surface area contributed by atoms with E-state index in [0.717, 1.165) is 22.1 Å². The van der Waals surface area contributed by atoms with Crippen LogP contribution in [0.15, 0.2) is 29.4 Å². The summed E-state index contributed by atoms with van der Waals surface area (Å²) in [5.41, 5.74) is 2.58. The Bertz CT molecular complexity index is 846. The van der Waals surface area contributed by atoms with Crippen molar-refractivity contribution in [2.45, 2.75) is 24.3 Å². The van der Waals surface area contributed by atoms with Gasteiger partial charge in [-0.15, -0.1) is 10.2 Å². The highest BCUT2D eigenvalue weighted by molar-refractivity contribution is 8.00. The highest BCUT2D eigenvalue weighted by Crippen LogP contribution is 2.27. The summed E-state index contributed by atoms with van der Waals surface area (Å²) < 4.78 is 6.98. The van der Waals surface area contributed by atoms with Gasteiger partial charge in [0.2, 0.25) is 5.16 Å². The molecule has 0 amide bonds. The molecule has 0 bridgehead atoms. The second kappa shape index (κ2) is 5.92. The van der Waals surface area contributed by atoms with Crippen LogP contribution in [0.3, 0.4) is 0 Å². The quantitative estimate of drug-likeness (QED) is 0.544. The van der Waals surface area contributed by atoms with Gasteiger partial charge in [-0.05, 0) is 19.9 Å². The molecule has 0 unspecified atom stereocenters. The largest absolute Gasteiger partial charge is 0.465 e.